The Kier molecular flexibility index (Phi) is 3.31. The molecule has 1 aromatic rings. The Morgan fingerprint density at radius 3 is 2.77 bits per heavy atom. The number of ether oxygens (including phenoxy) is 1. The predicted molar refractivity (Wildman–Crippen MR) is 50.6 cm³/mol. The molecule has 13 heavy (non-hydrogen) atoms. The first-order chi connectivity index (χ1) is 6.15. The maximum atomic E-state index is 10.5. The van der Waals surface area contributed by atoms with Crippen LogP contribution in [0.4, 0.5) is 0 Å². The van der Waals surface area contributed by atoms with Crippen LogP contribution in [0.2, 0.25) is 0 Å². The van der Waals surface area contributed by atoms with Gasteiger partial charge in [-0.1, -0.05) is 12.1 Å². The highest BCUT2D eigenvalue weighted by Gasteiger charge is 2.05. The molecule has 0 heterocycles. The van der Waals surface area contributed by atoms with Crippen LogP contribution in [-0.4, -0.2) is 15.5 Å². The summed E-state index contributed by atoms with van der Waals surface area (Å²) in [6.45, 7) is 1.83. The molecule has 1 aromatic carbocycles. The lowest BCUT2D eigenvalue weighted by Crippen LogP contribution is -1.95. The summed E-state index contributed by atoms with van der Waals surface area (Å²) in [5.41, 5.74) is 1.52. The summed E-state index contributed by atoms with van der Waals surface area (Å²) in [5.74, 6) is 0.635. The second-order valence-electron chi connectivity index (χ2n) is 2.65. The van der Waals surface area contributed by atoms with Gasteiger partial charge in [0.25, 0.3) is 0 Å². The fourth-order valence-electron chi connectivity index (χ4n) is 1.20. The highest BCUT2D eigenvalue weighted by Crippen LogP contribution is 2.22. The van der Waals surface area contributed by atoms with E-state index in [9.17, 15) is 8.42 Å². The molecule has 0 amide bonds. The number of benzene rings is 1. The normalized spacial score (nSPS) is 10.4. The van der Waals surface area contributed by atoms with Gasteiger partial charge in [-0.05, 0) is 18.6 Å². The quantitative estimate of drug-likeness (QED) is 0.736. The Morgan fingerprint density at radius 2 is 2.23 bits per heavy atom. The van der Waals surface area contributed by atoms with Gasteiger partial charge in [0.2, 0.25) is 0 Å². The van der Waals surface area contributed by atoms with Gasteiger partial charge in [-0.15, -0.1) is 0 Å². The molecule has 4 heteroatoms. The molecule has 0 saturated heterocycles. The molecule has 71 valence electrons. The summed E-state index contributed by atoms with van der Waals surface area (Å²) in [6.07, 6.45) is 0. The minimum atomic E-state index is -2.40. The highest BCUT2D eigenvalue weighted by molar-refractivity contribution is 7.71. The van der Waals surface area contributed by atoms with Gasteiger partial charge in [-0.25, -0.2) is 8.42 Å². The van der Waals surface area contributed by atoms with E-state index in [2.05, 4.69) is 6.07 Å². The molecule has 0 aliphatic rings. The van der Waals surface area contributed by atoms with E-state index in [4.69, 9.17) is 4.74 Å². The van der Waals surface area contributed by atoms with Gasteiger partial charge in [0.15, 0.2) is 0 Å². The van der Waals surface area contributed by atoms with Crippen LogP contribution in [-0.2, 0) is 16.5 Å². The Hall–Kier alpha value is -1.03. The van der Waals surface area contributed by atoms with Crippen LogP contribution < -0.4 is 4.74 Å². The van der Waals surface area contributed by atoms with Gasteiger partial charge < -0.3 is 4.74 Å². The molecule has 0 saturated carbocycles. The second-order valence-corrected chi connectivity index (χ2v) is 3.63. The number of hydrogen-bond acceptors (Lipinski definition) is 3. The third-order valence-electron chi connectivity index (χ3n) is 1.72. The predicted octanol–water partition coefficient (Wildman–Crippen LogP) is 0.915. The van der Waals surface area contributed by atoms with Gasteiger partial charge >= 0.3 is 0 Å². The van der Waals surface area contributed by atoms with Crippen molar-refractivity contribution in [2.24, 2.45) is 0 Å². The summed E-state index contributed by atoms with van der Waals surface area (Å²) in [7, 11) is -0.880. The molecule has 0 aliphatic carbocycles. The zero-order chi connectivity index (χ0) is 9.84. The third-order valence-corrected chi connectivity index (χ3v) is 2.32. The maximum Gasteiger partial charge on any atom is 0.144 e. The van der Waals surface area contributed by atoms with Crippen LogP contribution in [0.15, 0.2) is 12.1 Å². The molecule has 1 radical (unpaired) electrons. The SMILES string of the molecule is COc1c(C)[c]ccc1C[SH](=O)=O. The topological polar surface area (TPSA) is 43.4 Å². The zero-order valence-electron chi connectivity index (χ0n) is 7.53. The lowest BCUT2D eigenvalue weighted by molar-refractivity contribution is 0.408. The number of rotatable bonds is 3. The number of thiol groups is 1. The molecule has 3 nitrogen and oxygen atoms in total. The molecule has 0 spiro atoms. The third kappa shape index (κ3) is 2.45. The van der Waals surface area contributed by atoms with Crippen molar-refractivity contribution in [3.05, 3.63) is 29.3 Å². The van der Waals surface area contributed by atoms with Gasteiger partial charge in [-0.2, -0.15) is 0 Å². The molecular formula is C9H11O3S. The van der Waals surface area contributed by atoms with Crippen molar-refractivity contribution in [3.8, 4) is 5.75 Å². The van der Waals surface area contributed by atoms with E-state index in [-0.39, 0.29) is 5.75 Å². The second kappa shape index (κ2) is 4.28. The van der Waals surface area contributed by atoms with Gasteiger partial charge in [0, 0.05) is 5.56 Å². The van der Waals surface area contributed by atoms with Crippen LogP contribution in [0.25, 0.3) is 0 Å². The Balaban J connectivity index is 3.12. The van der Waals surface area contributed by atoms with E-state index in [1.54, 1.807) is 12.1 Å². The molecule has 0 atom stereocenters. The molecule has 0 bridgehead atoms. The fraction of sp³-hybridized carbons (Fsp3) is 0.333. The largest absolute Gasteiger partial charge is 0.496 e. The van der Waals surface area contributed by atoms with Crippen molar-refractivity contribution >= 4 is 10.7 Å². The van der Waals surface area contributed by atoms with Gasteiger partial charge in [0.1, 0.15) is 16.5 Å². The Bertz CT molecular complexity index is 361. The van der Waals surface area contributed by atoms with E-state index >= 15 is 0 Å². The first kappa shape index (κ1) is 10.1. The van der Waals surface area contributed by atoms with Crippen molar-refractivity contribution < 1.29 is 13.2 Å². The summed E-state index contributed by atoms with van der Waals surface area (Å²) in [5, 5.41) is 0. The molecule has 1 rings (SSSR count). The van der Waals surface area contributed by atoms with Crippen molar-refractivity contribution in [2.45, 2.75) is 12.7 Å². The smallest absolute Gasteiger partial charge is 0.144 e. The number of methoxy groups -OCH3 is 1. The average Bonchev–Trinajstić information content (AvgIpc) is 2.03. The summed E-state index contributed by atoms with van der Waals surface area (Å²) in [6, 6.07) is 6.35. The van der Waals surface area contributed by atoms with Crippen molar-refractivity contribution in [3.63, 3.8) is 0 Å². The molecule has 0 N–H and O–H groups in total. The molecule has 0 aromatic heterocycles. The van der Waals surface area contributed by atoms with E-state index in [1.165, 1.54) is 7.11 Å². The minimum absolute atomic E-state index is 0.0219. The van der Waals surface area contributed by atoms with Crippen molar-refractivity contribution in [2.75, 3.05) is 7.11 Å². The standard InChI is InChI=1S/C9H11O3S/c1-7-4-3-5-8(6-13(10)11)9(7)12-2/h3,5,13H,6H2,1-2H3. The average molecular weight is 199 g/mol. The minimum Gasteiger partial charge on any atom is -0.496 e. The van der Waals surface area contributed by atoms with Crippen LogP contribution >= 0.6 is 0 Å². The van der Waals surface area contributed by atoms with E-state index in [0.29, 0.717) is 11.3 Å². The lowest BCUT2D eigenvalue weighted by atomic mass is 10.1. The highest BCUT2D eigenvalue weighted by atomic mass is 32.2. The van der Waals surface area contributed by atoms with E-state index < -0.39 is 10.7 Å². The van der Waals surface area contributed by atoms with E-state index in [0.717, 1.165) is 5.56 Å². The summed E-state index contributed by atoms with van der Waals surface area (Å²) in [4.78, 5) is 0. The fourth-order valence-corrected chi connectivity index (χ4v) is 1.72. The number of hydrogen-bond donors (Lipinski definition) is 1. The van der Waals surface area contributed by atoms with Crippen LogP contribution in [0, 0.1) is 13.0 Å². The van der Waals surface area contributed by atoms with Crippen molar-refractivity contribution in [1.29, 1.82) is 0 Å². The lowest BCUT2D eigenvalue weighted by Gasteiger charge is -2.07. The molecule has 0 fully saturated rings. The summed E-state index contributed by atoms with van der Waals surface area (Å²) < 4.78 is 26.1. The Morgan fingerprint density at radius 1 is 1.54 bits per heavy atom. The summed E-state index contributed by atoms with van der Waals surface area (Å²) >= 11 is 0. The first-order valence-corrected chi connectivity index (χ1v) is 5.17. The first-order valence-electron chi connectivity index (χ1n) is 3.81. The maximum absolute atomic E-state index is 10.5. The van der Waals surface area contributed by atoms with E-state index in [1.807, 2.05) is 6.92 Å². The molecule has 0 aliphatic heterocycles. The molecular weight excluding hydrogens is 188 g/mol. The molecule has 0 unspecified atom stereocenters. The van der Waals surface area contributed by atoms with Gasteiger partial charge in [0.05, 0.1) is 12.9 Å². The van der Waals surface area contributed by atoms with Crippen LogP contribution in [0.5, 0.6) is 5.75 Å². The van der Waals surface area contributed by atoms with Gasteiger partial charge in [-0.3, -0.25) is 0 Å². The van der Waals surface area contributed by atoms with Crippen LogP contribution in [0.1, 0.15) is 11.1 Å². The number of aryl methyl sites for hydroxylation is 1. The monoisotopic (exact) mass is 199 g/mol. The Labute approximate surface area is 79.3 Å². The van der Waals surface area contributed by atoms with Crippen molar-refractivity contribution in [1.82, 2.24) is 0 Å². The zero-order valence-corrected chi connectivity index (χ0v) is 8.43. The van der Waals surface area contributed by atoms with Crippen LogP contribution in [0.3, 0.4) is 0 Å².